The average Bonchev–Trinajstić information content (AvgIpc) is 3.50. The Bertz CT molecular complexity index is 1990. The number of hydrogen-bond donors (Lipinski definition) is 0. The minimum atomic E-state index is -0.286. The summed E-state index contributed by atoms with van der Waals surface area (Å²) in [6.45, 7) is 27.5. The Kier molecular flexibility index (Phi) is 7.12. The van der Waals surface area contributed by atoms with Gasteiger partial charge in [-0.05, 0) is 108 Å². The molecule has 0 aliphatic carbocycles. The van der Waals surface area contributed by atoms with Crippen LogP contribution in [0.3, 0.4) is 0 Å². The second-order valence-corrected chi connectivity index (χ2v) is 16.5. The predicted molar refractivity (Wildman–Crippen MR) is 191 cm³/mol. The minimum absolute atomic E-state index is 0.0174. The van der Waals surface area contributed by atoms with E-state index in [1.165, 1.54) is 44.1 Å². The van der Waals surface area contributed by atoms with Gasteiger partial charge in [0.25, 0.3) is 0 Å². The summed E-state index contributed by atoms with van der Waals surface area (Å²) in [5, 5.41) is 2.51. The summed E-state index contributed by atoms with van der Waals surface area (Å²) >= 11 is 0. The maximum atomic E-state index is 6.38. The van der Waals surface area contributed by atoms with Crippen molar-refractivity contribution in [2.75, 3.05) is 6.61 Å². The van der Waals surface area contributed by atoms with Gasteiger partial charge in [-0.3, -0.25) is 4.98 Å². The first kappa shape index (κ1) is 31.1. The van der Waals surface area contributed by atoms with Crippen LogP contribution < -0.4 is 0 Å². The van der Waals surface area contributed by atoms with Crippen LogP contribution in [-0.2, 0) is 15.6 Å². The number of fused-ring (bicyclic) bond motifs is 3. The largest absolute Gasteiger partial charge is 0.475 e. The van der Waals surface area contributed by atoms with Crippen LogP contribution in [-0.4, -0.2) is 27.6 Å². The second-order valence-electron chi connectivity index (χ2n) is 16.5. The first-order valence-electron chi connectivity index (χ1n) is 16.3. The number of aryl methyl sites for hydroxylation is 2. The predicted octanol–water partition coefficient (Wildman–Crippen LogP) is 10.6. The monoisotopic (exact) mass is 599 g/mol. The van der Waals surface area contributed by atoms with Gasteiger partial charge in [0, 0.05) is 33.8 Å². The third kappa shape index (κ3) is 5.47. The number of aliphatic imine (C=N–C) groups is 1. The molecule has 0 bridgehead atoms. The summed E-state index contributed by atoms with van der Waals surface area (Å²) in [7, 11) is 0. The number of rotatable bonds is 3. The summed E-state index contributed by atoms with van der Waals surface area (Å²) in [6.07, 6.45) is 1.95. The molecule has 0 unspecified atom stereocenters. The van der Waals surface area contributed by atoms with Gasteiger partial charge in [0.05, 0.1) is 16.7 Å². The van der Waals surface area contributed by atoms with E-state index < -0.39 is 0 Å². The molecule has 5 aromatic rings. The van der Waals surface area contributed by atoms with Gasteiger partial charge in [-0.1, -0.05) is 73.9 Å². The van der Waals surface area contributed by atoms with E-state index in [-0.39, 0.29) is 21.8 Å². The highest BCUT2D eigenvalue weighted by molar-refractivity contribution is 6.11. The molecule has 1 aliphatic heterocycles. The third-order valence-electron chi connectivity index (χ3n) is 9.91. The standard InChI is InChI=1S/C41H49N3O/c1-25-13-14-35-32(17-25)33-18-26(2)31(34-22-28(15-16-42-34)38(3,4)5)23-36(33)44(35)30-20-27(19-29(21-30)39(6,7)8)37-43-41(12,24-45-37)40(9,10)11/h13-23H,24H2,1-12H3/t41-/m0/s1. The van der Waals surface area contributed by atoms with Gasteiger partial charge in [0.1, 0.15) is 12.1 Å². The first-order valence-corrected chi connectivity index (χ1v) is 16.3. The molecule has 0 saturated heterocycles. The number of benzene rings is 3. The molecule has 4 heteroatoms. The van der Waals surface area contributed by atoms with E-state index >= 15 is 0 Å². The van der Waals surface area contributed by atoms with Crippen molar-refractivity contribution in [2.45, 2.75) is 99.5 Å². The SMILES string of the molecule is Cc1ccc2c(c1)c1cc(C)c(-c3cc(C(C)(C)C)ccn3)cc1n2-c1cc(C2=N[C@](C)(C(C)(C)C)CO2)cc(C(C)(C)C)c1. The van der Waals surface area contributed by atoms with E-state index in [0.29, 0.717) is 6.61 Å². The van der Waals surface area contributed by atoms with Crippen LogP contribution in [0, 0.1) is 19.3 Å². The molecule has 3 heterocycles. The van der Waals surface area contributed by atoms with Crippen molar-refractivity contribution in [2.24, 2.45) is 10.4 Å². The molecule has 45 heavy (non-hydrogen) atoms. The van der Waals surface area contributed by atoms with Crippen LogP contribution in [0.15, 0.2) is 71.9 Å². The fraction of sp³-hybridized carbons (Fsp3) is 0.415. The minimum Gasteiger partial charge on any atom is -0.475 e. The first-order chi connectivity index (χ1) is 20.9. The number of aromatic nitrogens is 2. The van der Waals surface area contributed by atoms with E-state index in [4.69, 9.17) is 14.7 Å². The molecule has 0 N–H and O–H groups in total. The highest BCUT2D eigenvalue weighted by atomic mass is 16.5. The van der Waals surface area contributed by atoms with Gasteiger partial charge in [0.2, 0.25) is 5.90 Å². The molecule has 0 saturated carbocycles. The zero-order chi connectivity index (χ0) is 32.7. The summed E-state index contributed by atoms with van der Waals surface area (Å²) in [4.78, 5) is 10.1. The number of pyridine rings is 1. The molecule has 2 aromatic heterocycles. The smallest absolute Gasteiger partial charge is 0.216 e. The van der Waals surface area contributed by atoms with E-state index in [2.05, 4.69) is 148 Å². The van der Waals surface area contributed by atoms with Crippen LogP contribution in [0.25, 0.3) is 38.8 Å². The van der Waals surface area contributed by atoms with Gasteiger partial charge in [-0.25, -0.2) is 4.99 Å². The molecule has 1 atom stereocenters. The van der Waals surface area contributed by atoms with Gasteiger partial charge in [-0.15, -0.1) is 0 Å². The van der Waals surface area contributed by atoms with Gasteiger partial charge >= 0.3 is 0 Å². The van der Waals surface area contributed by atoms with Crippen molar-refractivity contribution in [1.29, 1.82) is 0 Å². The van der Waals surface area contributed by atoms with Crippen LogP contribution in [0.4, 0.5) is 0 Å². The third-order valence-corrected chi connectivity index (χ3v) is 9.91. The molecule has 0 fully saturated rings. The Morgan fingerprint density at radius 1 is 0.733 bits per heavy atom. The van der Waals surface area contributed by atoms with Gasteiger partial charge in [0.15, 0.2) is 0 Å². The van der Waals surface area contributed by atoms with Crippen molar-refractivity contribution in [3.8, 4) is 16.9 Å². The molecule has 0 spiro atoms. The Labute approximate surface area is 269 Å². The molecule has 3 aromatic carbocycles. The van der Waals surface area contributed by atoms with Crippen molar-refractivity contribution in [3.05, 3.63) is 94.7 Å². The Morgan fingerprint density at radius 2 is 1.42 bits per heavy atom. The van der Waals surface area contributed by atoms with Crippen molar-refractivity contribution >= 4 is 27.7 Å². The van der Waals surface area contributed by atoms with Gasteiger partial charge < -0.3 is 9.30 Å². The van der Waals surface area contributed by atoms with Crippen molar-refractivity contribution < 1.29 is 4.74 Å². The highest BCUT2D eigenvalue weighted by Crippen LogP contribution is 2.41. The lowest BCUT2D eigenvalue weighted by atomic mass is 9.76. The summed E-state index contributed by atoms with van der Waals surface area (Å²) in [5.41, 5.74) is 11.4. The lowest BCUT2D eigenvalue weighted by molar-refractivity contribution is 0.154. The fourth-order valence-electron chi connectivity index (χ4n) is 6.21. The molecule has 234 valence electrons. The summed E-state index contributed by atoms with van der Waals surface area (Å²) in [5.74, 6) is 0.733. The second kappa shape index (κ2) is 10.3. The van der Waals surface area contributed by atoms with Crippen LogP contribution in [0.2, 0.25) is 0 Å². The Hall–Kier alpha value is -3.92. The zero-order valence-electron chi connectivity index (χ0n) is 29.3. The molecule has 6 rings (SSSR count). The molecular weight excluding hydrogens is 550 g/mol. The number of nitrogens with zero attached hydrogens (tertiary/aromatic N) is 3. The van der Waals surface area contributed by atoms with Gasteiger partial charge in [-0.2, -0.15) is 0 Å². The lowest BCUT2D eigenvalue weighted by Gasteiger charge is -2.33. The summed E-state index contributed by atoms with van der Waals surface area (Å²) in [6, 6.07) is 22.8. The van der Waals surface area contributed by atoms with E-state index in [9.17, 15) is 0 Å². The average molecular weight is 600 g/mol. The Balaban J connectivity index is 1.65. The summed E-state index contributed by atoms with van der Waals surface area (Å²) < 4.78 is 8.80. The fourth-order valence-corrected chi connectivity index (χ4v) is 6.21. The maximum Gasteiger partial charge on any atom is 0.216 e. The molecule has 0 amide bonds. The topological polar surface area (TPSA) is 39.4 Å². The molecule has 1 aliphatic rings. The number of hydrogen-bond acceptors (Lipinski definition) is 3. The van der Waals surface area contributed by atoms with Crippen molar-refractivity contribution in [3.63, 3.8) is 0 Å². The van der Waals surface area contributed by atoms with Crippen LogP contribution in [0.1, 0.15) is 97.1 Å². The lowest BCUT2D eigenvalue weighted by Crippen LogP contribution is -2.39. The Morgan fingerprint density at radius 3 is 2.07 bits per heavy atom. The van der Waals surface area contributed by atoms with Crippen LogP contribution in [0.5, 0.6) is 0 Å². The quantitative estimate of drug-likeness (QED) is 0.207. The highest BCUT2D eigenvalue weighted by Gasteiger charge is 2.43. The molecule has 0 radical (unpaired) electrons. The normalized spacial score (nSPS) is 17.6. The molecular formula is C41H49N3O. The zero-order valence-corrected chi connectivity index (χ0v) is 29.3. The van der Waals surface area contributed by atoms with E-state index in [0.717, 1.165) is 28.4 Å². The molecule has 4 nitrogen and oxygen atoms in total. The maximum absolute atomic E-state index is 6.38. The number of ether oxygens (including phenoxy) is 1. The van der Waals surface area contributed by atoms with E-state index in [1.54, 1.807) is 0 Å². The van der Waals surface area contributed by atoms with Crippen LogP contribution >= 0.6 is 0 Å². The van der Waals surface area contributed by atoms with Crippen molar-refractivity contribution in [1.82, 2.24) is 9.55 Å². The van der Waals surface area contributed by atoms with E-state index in [1.807, 2.05) is 6.20 Å².